The topological polar surface area (TPSA) is 89.6 Å². The summed E-state index contributed by atoms with van der Waals surface area (Å²) in [5, 5.41) is 8.98. The summed E-state index contributed by atoms with van der Waals surface area (Å²) < 4.78 is 1.71. The molecular weight excluding hydrogens is 338 g/mol. The van der Waals surface area contributed by atoms with Crippen LogP contribution in [0.25, 0.3) is 27.8 Å². The average Bonchev–Trinajstić information content (AvgIpc) is 3.12. The van der Waals surface area contributed by atoms with Gasteiger partial charge < -0.3 is 10.7 Å². The number of hydrogen-bond donors (Lipinski definition) is 2. The third-order valence-corrected chi connectivity index (χ3v) is 3.92. The average molecular weight is 354 g/mol. The second kappa shape index (κ2) is 6.88. The molecule has 0 aliphatic rings. The molecule has 0 radical (unpaired) electrons. The minimum Gasteiger partial charge on any atom is -0.357 e. The predicted molar refractivity (Wildman–Crippen MR) is 100 cm³/mol. The van der Waals surface area contributed by atoms with Crippen molar-refractivity contribution in [3.63, 3.8) is 0 Å². The largest absolute Gasteiger partial charge is 0.357 e. The van der Waals surface area contributed by atoms with Crippen LogP contribution in [0.2, 0.25) is 0 Å². The second-order valence-electron chi connectivity index (χ2n) is 5.51. The number of fused-ring (bicyclic) bond motifs is 1. The molecule has 0 atom stereocenters. The van der Waals surface area contributed by atoms with Crippen LogP contribution in [0.15, 0.2) is 65.6 Å². The molecule has 0 fully saturated rings. The van der Waals surface area contributed by atoms with Gasteiger partial charge in [0.1, 0.15) is 5.69 Å². The Morgan fingerprint density at radius 1 is 1.08 bits per heavy atom. The van der Waals surface area contributed by atoms with E-state index in [0.717, 1.165) is 22.5 Å². The van der Waals surface area contributed by atoms with Crippen molar-refractivity contribution in [1.82, 2.24) is 20.0 Å². The first kappa shape index (κ1) is 16.9. The summed E-state index contributed by atoms with van der Waals surface area (Å²) in [5.41, 5.74) is 9.51. The maximum Gasteiger partial charge on any atom is 0.189 e. The van der Waals surface area contributed by atoms with Crippen molar-refractivity contribution < 1.29 is 0 Å². The molecule has 0 aliphatic heterocycles. The van der Waals surface area contributed by atoms with Crippen molar-refractivity contribution in [2.24, 2.45) is 5.73 Å². The molecule has 0 unspecified atom stereocenters. The number of nitrogens with one attached hydrogen (secondary N) is 1. The number of nitrogens with zero attached hydrogens (tertiary/aromatic N) is 3. The monoisotopic (exact) mass is 353 g/mol. The maximum absolute atomic E-state index is 12.3. The number of hydrogen-bond acceptors (Lipinski definition) is 4. The number of para-hydroxylation sites is 1. The molecule has 25 heavy (non-hydrogen) atoms. The van der Waals surface area contributed by atoms with Gasteiger partial charge in [-0.2, -0.15) is 0 Å². The number of aromatic nitrogens is 4. The van der Waals surface area contributed by atoms with E-state index in [9.17, 15) is 4.79 Å². The van der Waals surface area contributed by atoms with Crippen molar-refractivity contribution in [1.29, 1.82) is 0 Å². The Labute approximate surface area is 149 Å². The summed E-state index contributed by atoms with van der Waals surface area (Å²) in [6, 6.07) is 16.9. The molecular formula is C18H16ClN5O. The molecule has 4 aromatic rings. The molecule has 6 nitrogen and oxygen atoms in total. The summed E-state index contributed by atoms with van der Waals surface area (Å²) in [6.45, 7) is 0.304. The van der Waals surface area contributed by atoms with E-state index >= 15 is 0 Å². The first-order valence-corrected chi connectivity index (χ1v) is 7.59. The molecule has 2 aromatic carbocycles. The van der Waals surface area contributed by atoms with Crippen molar-refractivity contribution in [2.75, 3.05) is 0 Å². The molecule has 0 saturated heterocycles. The fourth-order valence-electron chi connectivity index (χ4n) is 2.67. The number of rotatable bonds is 3. The molecule has 0 spiro atoms. The lowest BCUT2D eigenvalue weighted by Crippen LogP contribution is -2.08. The van der Waals surface area contributed by atoms with Crippen LogP contribution in [0, 0.1) is 0 Å². The lowest BCUT2D eigenvalue weighted by atomic mass is 10.1. The molecule has 3 N–H and O–H groups in total. The van der Waals surface area contributed by atoms with Crippen LogP contribution >= 0.6 is 12.4 Å². The number of H-pyrrole nitrogens is 1. The molecule has 4 rings (SSSR count). The van der Waals surface area contributed by atoms with E-state index in [4.69, 9.17) is 5.73 Å². The van der Waals surface area contributed by atoms with E-state index in [1.807, 2.05) is 54.7 Å². The van der Waals surface area contributed by atoms with Gasteiger partial charge in [-0.1, -0.05) is 29.5 Å². The van der Waals surface area contributed by atoms with Crippen LogP contribution in [0.3, 0.4) is 0 Å². The Kier molecular flexibility index (Phi) is 4.65. The van der Waals surface area contributed by atoms with Crippen LogP contribution in [-0.4, -0.2) is 20.0 Å². The number of nitrogens with two attached hydrogens (primary N) is 1. The molecule has 0 aliphatic carbocycles. The second-order valence-corrected chi connectivity index (χ2v) is 5.51. The molecule has 126 valence electrons. The Morgan fingerprint density at radius 3 is 2.64 bits per heavy atom. The van der Waals surface area contributed by atoms with E-state index in [-0.39, 0.29) is 17.8 Å². The SMILES string of the molecule is Cl.NCc1cc(=O)c2cc(-c3cn(-c4ccccc4)nn3)ccc2[nH]1. The van der Waals surface area contributed by atoms with E-state index in [2.05, 4.69) is 15.3 Å². The predicted octanol–water partition coefficient (Wildman–Crippen LogP) is 2.66. The van der Waals surface area contributed by atoms with Gasteiger partial charge in [0.2, 0.25) is 0 Å². The van der Waals surface area contributed by atoms with Crippen molar-refractivity contribution in [2.45, 2.75) is 6.54 Å². The van der Waals surface area contributed by atoms with E-state index in [1.54, 1.807) is 4.68 Å². The van der Waals surface area contributed by atoms with E-state index in [0.29, 0.717) is 17.6 Å². The van der Waals surface area contributed by atoms with Gasteiger partial charge in [0.25, 0.3) is 0 Å². The zero-order chi connectivity index (χ0) is 16.5. The molecule has 2 aromatic heterocycles. The summed E-state index contributed by atoms with van der Waals surface area (Å²) in [4.78, 5) is 15.4. The first-order valence-electron chi connectivity index (χ1n) is 7.59. The molecule has 0 bridgehead atoms. The third kappa shape index (κ3) is 3.17. The van der Waals surface area contributed by atoms with Crippen LogP contribution in [0.1, 0.15) is 5.69 Å². The van der Waals surface area contributed by atoms with Gasteiger partial charge in [0.15, 0.2) is 5.43 Å². The molecule has 2 heterocycles. The highest BCUT2D eigenvalue weighted by atomic mass is 35.5. The van der Waals surface area contributed by atoms with Crippen LogP contribution in [0.4, 0.5) is 0 Å². The van der Waals surface area contributed by atoms with Gasteiger partial charge in [0, 0.05) is 34.8 Å². The fourth-order valence-corrected chi connectivity index (χ4v) is 2.67. The first-order chi connectivity index (χ1) is 11.7. The maximum atomic E-state index is 12.3. The number of aromatic amines is 1. The van der Waals surface area contributed by atoms with Crippen LogP contribution in [-0.2, 0) is 6.54 Å². The van der Waals surface area contributed by atoms with Gasteiger partial charge in [0.05, 0.1) is 11.9 Å². The highest BCUT2D eigenvalue weighted by Gasteiger charge is 2.08. The van der Waals surface area contributed by atoms with Gasteiger partial charge in [-0.15, -0.1) is 17.5 Å². The Hall–Kier alpha value is -2.96. The van der Waals surface area contributed by atoms with E-state index < -0.39 is 0 Å². The van der Waals surface area contributed by atoms with Crippen LogP contribution in [0.5, 0.6) is 0 Å². The zero-order valence-corrected chi connectivity index (χ0v) is 14.0. The lowest BCUT2D eigenvalue weighted by Gasteiger charge is -2.03. The van der Waals surface area contributed by atoms with E-state index in [1.165, 1.54) is 6.07 Å². The Balaban J connectivity index is 0.00000182. The summed E-state index contributed by atoms with van der Waals surface area (Å²) in [7, 11) is 0. The zero-order valence-electron chi connectivity index (χ0n) is 13.2. The Morgan fingerprint density at radius 2 is 1.88 bits per heavy atom. The quantitative estimate of drug-likeness (QED) is 0.592. The van der Waals surface area contributed by atoms with Crippen LogP contribution < -0.4 is 11.2 Å². The lowest BCUT2D eigenvalue weighted by molar-refractivity contribution is 0.804. The molecule has 7 heteroatoms. The smallest absolute Gasteiger partial charge is 0.189 e. The summed E-state index contributed by atoms with van der Waals surface area (Å²) in [6.07, 6.45) is 1.85. The fraction of sp³-hybridized carbons (Fsp3) is 0.0556. The highest BCUT2D eigenvalue weighted by Crippen LogP contribution is 2.21. The summed E-state index contributed by atoms with van der Waals surface area (Å²) in [5.74, 6) is 0. The number of benzene rings is 2. The molecule has 0 amide bonds. The van der Waals surface area contributed by atoms with Gasteiger partial charge in [-0.3, -0.25) is 4.79 Å². The van der Waals surface area contributed by atoms with Crippen molar-refractivity contribution in [3.05, 3.63) is 76.7 Å². The van der Waals surface area contributed by atoms with Gasteiger partial charge >= 0.3 is 0 Å². The van der Waals surface area contributed by atoms with Gasteiger partial charge in [-0.05, 0) is 24.3 Å². The molecule has 0 saturated carbocycles. The van der Waals surface area contributed by atoms with Crippen molar-refractivity contribution in [3.8, 4) is 16.9 Å². The number of pyridine rings is 1. The normalized spacial score (nSPS) is 10.6. The van der Waals surface area contributed by atoms with Gasteiger partial charge in [-0.25, -0.2) is 4.68 Å². The minimum atomic E-state index is -0.0542. The number of halogens is 1. The third-order valence-electron chi connectivity index (χ3n) is 3.92. The van der Waals surface area contributed by atoms with Crippen molar-refractivity contribution >= 4 is 23.3 Å². The summed E-state index contributed by atoms with van der Waals surface area (Å²) >= 11 is 0. The minimum absolute atomic E-state index is 0. The highest BCUT2D eigenvalue weighted by molar-refractivity contribution is 5.85. The standard InChI is InChI=1S/C18H15N5O.ClH/c19-10-13-9-18(24)15-8-12(6-7-16(15)20-13)17-11-23(22-21-17)14-4-2-1-3-5-14;/h1-9,11H,10,19H2,(H,20,24);1H. The Bertz CT molecular complexity index is 1070.